The van der Waals surface area contributed by atoms with Gasteiger partial charge in [0.1, 0.15) is 0 Å². The SMILES string of the molecule is CCNC(=NCc1c(C)nn(C)c1C)NC1CCS(=O)(=O)C1.I. The zero-order valence-electron chi connectivity index (χ0n) is 14.1. The van der Waals surface area contributed by atoms with Gasteiger partial charge in [-0.2, -0.15) is 5.10 Å². The summed E-state index contributed by atoms with van der Waals surface area (Å²) in [5.74, 6) is 1.10. The van der Waals surface area contributed by atoms with Crippen molar-refractivity contribution in [2.45, 2.75) is 39.8 Å². The number of aromatic nitrogens is 2. The Bertz CT molecular complexity index is 669. The molecule has 1 saturated heterocycles. The van der Waals surface area contributed by atoms with Crippen molar-refractivity contribution in [1.29, 1.82) is 0 Å². The van der Waals surface area contributed by atoms with E-state index in [4.69, 9.17) is 0 Å². The van der Waals surface area contributed by atoms with Gasteiger partial charge in [0.25, 0.3) is 0 Å². The number of sulfone groups is 1. The molecule has 9 heteroatoms. The predicted octanol–water partition coefficient (Wildman–Crippen LogP) is 0.897. The minimum absolute atomic E-state index is 0. The van der Waals surface area contributed by atoms with Gasteiger partial charge in [-0.1, -0.05) is 0 Å². The highest BCUT2D eigenvalue weighted by Crippen LogP contribution is 2.14. The van der Waals surface area contributed by atoms with Crippen molar-refractivity contribution in [3.05, 3.63) is 17.0 Å². The third-order valence-corrected chi connectivity index (χ3v) is 5.74. The monoisotopic (exact) mass is 455 g/mol. The van der Waals surface area contributed by atoms with Crippen LogP contribution in [0.5, 0.6) is 0 Å². The van der Waals surface area contributed by atoms with Gasteiger partial charge in [-0.3, -0.25) is 4.68 Å². The molecule has 0 amide bonds. The van der Waals surface area contributed by atoms with Crippen LogP contribution in [-0.4, -0.2) is 48.3 Å². The number of guanidine groups is 1. The Balaban J connectivity index is 0.00000264. The molecular formula is C14H26IN5O2S. The Morgan fingerprint density at radius 2 is 2.13 bits per heavy atom. The van der Waals surface area contributed by atoms with E-state index in [0.717, 1.165) is 23.5 Å². The van der Waals surface area contributed by atoms with Crippen LogP contribution in [-0.2, 0) is 23.4 Å². The molecule has 1 aromatic heterocycles. The lowest BCUT2D eigenvalue weighted by atomic mass is 10.2. The summed E-state index contributed by atoms with van der Waals surface area (Å²) in [5, 5.41) is 10.8. The second kappa shape index (κ2) is 8.32. The smallest absolute Gasteiger partial charge is 0.191 e. The molecule has 1 unspecified atom stereocenters. The minimum atomic E-state index is -2.89. The molecule has 0 spiro atoms. The second-order valence-corrected chi connectivity index (χ2v) is 7.94. The second-order valence-electron chi connectivity index (χ2n) is 5.71. The summed E-state index contributed by atoms with van der Waals surface area (Å²) < 4.78 is 24.9. The summed E-state index contributed by atoms with van der Waals surface area (Å²) in [6.45, 7) is 7.25. The summed E-state index contributed by atoms with van der Waals surface area (Å²) in [4.78, 5) is 4.58. The van der Waals surface area contributed by atoms with Crippen molar-refractivity contribution in [2.24, 2.45) is 12.0 Å². The average Bonchev–Trinajstić information content (AvgIpc) is 2.88. The molecule has 7 nitrogen and oxygen atoms in total. The molecule has 1 fully saturated rings. The normalized spacial score (nSPS) is 20.2. The zero-order valence-corrected chi connectivity index (χ0v) is 17.2. The van der Waals surface area contributed by atoms with Crippen LogP contribution in [0.2, 0.25) is 0 Å². The molecule has 0 radical (unpaired) electrons. The molecule has 0 saturated carbocycles. The Morgan fingerprint density at radius 1 is 1.43 bits per heavy atom. The summed E-state index contributed by atoms with van der Waals surface area (Å²) >= 11 is 0. The van der Waals surface area contributed by atoms with Crippen molar-refractivity contribution in [3.8, 4) is 0 Å². The summed E-state index contributed by atoms with van der Waals surface area (Å²) in [6, 6.07) is -0.0566. The van der Waals surface area contributed by atoms with Gasteiger partial charge in [0.15, 0.2) is 15.8 Å². The molecule has 2 N–H and O–H groups in total. The largest absolute Gasteiger partial charge is 0.357 e. The summed E-state index contributed by atoms with van der Waals surface area (Å²) in [5.41, 5.74) is 3.18. The molecule has 2 rings (SSSR count). The number of nitrogens with one attached hydrogen (secondary N) is 2. The zero-order chi connectivity index (χ0) is 16.3. The number of aryl methyl sites for hydroxylation is 2. The molecule has 2 heterocycles. The van der Waals surface area contributed by atoms with E-state index in [1.54, 1.807) is 0 Å². The maximum Gasteiger partial charge on any atom is 0.191 e. The van der Waals surface area contributed by atoms with Crippen LogP contribution in [0.4, 0.5) is 0 Å². The van der Waals surface area contributed by atoms with E-state index >= 15 is 0 Å². The van der Waals surface area contributed by atoms with E-state index < -0.39 is 9.84 Å². The molecule has 0 bridgehead atoms. The average molecular weight is 455 g/mol. The van der Waals surface area contributed by atoms with Gasteiger partial charge in [0, 0.05) is 30.9 Å². The number of aliphatic imine (C=N–C) groups is 1. The molecule has 1 atom stereocenters. The third kappa shape index (κ3) is 5.33. The van der Waals surface area contributed by atoms with Crippen LogP contribution in [0.25, 0.3) is 0 Å². The predicted molar refractivity (Wildman–Crippen MR) is 103 cm³/mol. The van der Waals surface area contributed by atoms with Gasteiger partial charge >= 0.3 is 0 Å². The van der Waals surface area contributed by atoms with Crippen molar-refractivity contribution < 1.29 is 8.42 Å². The number of hydrogen-bond donors (Lipinski definition) is 2. The maximum atomic E-state index is 11.5. The molecule has 1 aliphatic rings. The van der Waals surface area contributed by atoms with Crippen LogP contribution in [0.3, 0.4) is 0 Å². The van der Waals surface area contributed by atoms with Crippen molar-refractivity contribution in [3.63, 3.8) is 0 Å². The molecular weight excluding hydrogens is 429 g/mol. The van der Waals surface area contributed by atoms with E-state index in [1.165, 1.54) is 0 Å². The van der Waals surface area contributed by atoms with Gasteiger partial charge < -0.3 is 10.6 Å². The Morgan fingerprint density at radius 3 is 2.61 bits per heavy atom. The van der Waals surface area contributed by atoms with E-state index in [-0.39, 0.29) is 41.5 Å². The van der Waals surface area contributed by atoms with Gasteiger partial charge in [0.2, 0.25) is 0 Å². The number of rotatable bonds is 4. The van der Waals surface area contributed by atoms with E-state index in [1.807, 2.05) is 32.5 Å². The fraction of sp³-hybridized carbons (Fsp3) is 0.714. The standard InChI is InChI=1S/C14H25N5O2S.HI/c1-5-15-14(17-12-6-7-22(20,21)9-12)16-8-13-10(2)18-19(4)11(13)3;/h12H,5-9H2,1-4H3,(H2,15,16,17);1H. The van der Waals surface area contributed by atoms with Gasteiger partial charge in [0.05, 0.1) is 23.7 Å². The summed E-state index contributed by atoms with van der Waals surface area (Å²) in [7, 11) is -0.973. The number of hydrogen-bond acceptors (Lipinski definition) is 4. The molecule has 0 aliphatic carbocycles. The number of halogens is 1. The molecule has 23 heavy (non-hydrogen) atoms. The van der Waals surface area contributed by atoms with Gasteiger partial charge in [-0.15, -0.1) is 24.0 Å². The van der Waals surface area contributed by atoms with Crippen LogP contribution < -0.4 is 10.6 Å². The minimum Gasteiger partial charge on any atom is -0.357 e. The van der Waals surface area contributed by atoms with Crippen molar-refractivity contribution >= 4 is 39.8 Å². The fourth-order valence-corrected chi connectivity index (χ4v) is 4.30. The first-order valence-corrected chi connectivity index (χ1v) is 9.39. The van der Waals surface area contributed by atoms with Crippen molar-refractivity contribution in [1.82, 2.24) is 20.4 Å². The Labute approximate surface area is 155 Å². The van der Waals surface area contributed by atoms with Crippen LogP contribution in [0.15, 0.2) is 4.99 Å². The lowest BCUT2D eigenvalue weighted by Gasteiger charge is -2.15. The Kier molecular flexibility index (Phi) is 7.30. The van der Waals surface area contributed by atoms with E-state index in [2.05, 4.69) is 20.7 Å². The van der Waals surface area contributed by atoms with Gasteiger partial charge in [-0.05, 0) is 27.2 Å². The maximum absolute atomic E-state index is 11.5. The molecule has 132 valence electrons. The quantitative estimate of drug-likeness (QED) is 0.400. The third-order valence-electron chi connectivity index (χ3n) is 3.97. The highest BCUT2D eigenvalue weighted by molar-refractivity contribution is 14.0. The lowest BCUT2D eigenvalue weighted by molar-refractivity contribution is 0.599. The first-order chi connectivity index (χ1) is 10.3. The first kappa shape index (κ1) is 20.2. The first-order valence-electron chi connectivity index (χ1n) is 7.56. The molecule has 0 aromatic carbocycles. The molecule has 1 aromatic rings. The Hall–Kier alpha value is -0.840. The molecule has 1 aliphatic heterocycles. The highest BCUT2D eigenvalue weighted by atomic mass is 127. The van der Waals surface area contributed by atoms with Crippen LogP contribution >= 0.6 is 24.0 Å². The fourth-order valence-electron chi connectivity index (χ4n) is 2.63. The highest BCUT2D eigenvalue weighted by Gasteiger charge is 2.28. The van der Waals surface area contributed by atoms with E-state index in [0.29, 0.717) is 18.9 Å². The van der Waals surface area contributed by atoms with Crippen LogP contribution in [0.1, 0.15) is 30.3 Å². The number of nitrogens with zero attached hydrogens (tertiary/aromatic N) is 3. The van der Waals surface area contributed by atoms with Gasteiger partial charge in [-0.25, -0.2) is 13.4 Å². The van der Waals surface area contributed by atoms with E-state index in [9.17, 15) is 8.42 Å². The topological polar surface area (TPSA) is 88.4 Å². The lowest BCUT2D eigenvalue weighted by Crippen LogP contribution is -2.44. The van der Waals surface area contributed by atoms with Crippen molar-refractivity contribution in [2.75, 3.05) is 18.1 Å². The summed E-state index contributed by atoms with van der Waals surface area (Å²) in [6.07, 6.45) is 0.637. The van der Waals surface area contributed by atoms with Crippen LogP contribution in [0, 0.1) is 13.8 Å².